The minimum absolute atomic E-state index is 0.00128. The SMILES string of the molecule is CCCN(CCCNC(=O)OC(C)(C)C)C(=O)C1=Cc2ccc(-c3cccc(S(=O)(=O)N4CC(CNC(=O)CCC(C)(C)OCC(C)(C)C(=O)Oc5c(F)c(F)cc(F)c5F)C4)c3)cc2N=C(N)C1. The lowest BCUT2D eigenvalue weighted by atomic mass is 9.94. The number of amides is 3. The normalized spacial score (nSPS) is 14.7. The highest BCUT2D eigenvalue weighted by atomic mass is 32.2. The summed E-state index contributed by atoms with van der Waals surface area (Å²) in [7, 11) is -3.89. The molecule has 0 aliphatic carbocycles. The van der Waals surface area contributed by atoms with Crippen LogP contribution in [0.25, 0.3) is 17.2 Å². The van der Waals surface area contributed by atoms with Gasteiger partial charge in [-0.3, -0.25) is 14.4 Å². The van der Waals surface area contributed by atoms with E-state index in [1.54, 1.807) is 69.9 Å². The quantitative estimate of drug-likeness (QED) is 0.0330. The molecule has 0 atom stereocenters. The number of aliphatic imine (C=N–C) groups is 1. The van der Waals surface area contributed by atoms with Crippen LogP contribution in [0.4, 0.5) is 28.0 Å². The van der Waals surface area contributed by atoms with Gasteiger partial charge < -0.3 is 35.5 Å². The van der Waals surface area contributed by atoms with Gasteiger partial charge in [0, 0.05) is 75.2 Å². The minimum Gasteiger partial charge on any atom is -0.444 e. The Bertz CT molecular complexity index is 2570. The van der Waals surface area contributed by atoms with Crippen LogP contribution in [0.5, 0.6) is 5.75 Å². The number of carbonyl (C=O) groups is 4. The molecule has 376 valence electrons. The van der Waals surface area contributed by atoms with Crippen molar-refractivity contribution >= 4 is 51.5 Å². The molecule has 15 nitrogen and oxygen atoms in total. The van der Waals surface area contributed by atoms with E-state index in [0.717, 1.165) is 6.42 Å². The number of nitrogens with two attached hydrogens (primary N) is 1. The molecule has 20 heteroatoms. The van der Waals surface area contributed by atoms with Crippen molar-refractivity contribution in [2.24, 2.45) is 22.1 Å². The fourth-order valence-corrected chi connectivity index (χ4v) is 8.88. The van der Waals surface area contributed by atoms with Crippen LogP contribution in [0.1, 0.15) is 93.1 Å². The fourth-order valence-electron chi connectivity index (χ4n) is 7.24. The van der Waals surface area contributed by atoms with E-state index in [1.165, 1.54) is 24.2 Å². The number of rotatable bonds is 20. The van der Waals surface area contributed by atoms with Crippen LogP contribution >= 0.6 is 0 Å². The average molecular weight is 987 g/mol. The van der Waals surface area contributed by atoms with Gasteiger partial charge in [-0.05, 0) is 103 Å². The Balaban J connectivity index is 1.11. The Labute approximate surface area is 400 Å². The molecule has 3 aromatic carbocycles. The van der Waals surface area contributed by atoms with Crippen LogP contribution in [-0.2, 0) is 33.9 Å². The maximum absolute atomic E-state index is 14.1. The Morgan fingerprint density at radius 3 is 2.22 bits per heavy atom. The number of ether oxygens (including phenoxy) is 3. The van der Waals surface area contributed by atoms with E-state index < -0.39 is 67.7 Å². The molecule has 3 amide bonds. The van der Waals surface area contributed by atoms with Gasteiger partial charge in [0.05, 0.1) is 28.2 Å². The number of benzene rings is 3. The Morgan fingerprint density at radius 2 is 1.57 bits per heavy atom. The highest BCUT2D eigenvalue weighted by Crippen LogP contribution is 2.35. The smallest absolute Gasteiger partial charge is 0.407 e. The van der Waals surface area contributed by atoms with Crippen LogP contribution in [0, 0.1) is 34.6 Å². The number of nitrogens with one attached hydrogen (secondary N) is 2. The Hall–Kier alpha value is -5.86. The van der Waals surface area contributed by atoms with Crippen molar-refractivity contribution < 1.29 is 59.4 Å². The second-order valence-electron chi connectivity index (χ2n) is 19.4. The maximum Gasteiger partial charge on any atom is 0.407 e. The van der Waals surface area contributed by atoms with Crippen LogP contribution in [0.15, 0.2) is 64.0 Å². The standard InChI is InChI=1S/C49H62F4N6O9S/c1-9-19-58(20-11-18-55-46(63)68-47(2,3)4)44(61)34-21-33-15-14-32(23-38(33)57-39(54)24-34)31-12-10-13-35(22-31)69(64,65)59-27-30(28-59)26-56-40(60)16-17-49(7,8)66-29-48(5,6)45(62)67-43-41(52)36(50)25-37(51)42(43)53/h10,12-15,21-23,25,30H,9,11,16-20,24,26-29H2,1-8H3,(H2,54,57)(H,55,63)(H,56,60). The van der Waals surface area contributed by atoms with Gasteiger partial charge in [-0.15, -0.1) is 0 Å². The molecule has 3 aromatic rings. The largest absolute Gasteiger partial charge is 0.444 e. The number of esters is 1. The first-order chi connectivity index (χ1) is 32.2. The zero-order valence-electron chi connectivity index (χ0n) is 40.3. The van der Waals surface area contributed by atoms with Crippen molar-refractivity contribution in [3.05, 3.63) is 82.9 Å². The molecule has 1 saturated heterocycles. The third-order valence-electron chi connectivity index (χ3n) is 11.2. The zero-order valence-corrected chi connectivity index (χ0v) is 41.1. The number of sulfonamides is 1. The number of hydrogen-bond donors (Lipinski definition) is 3. The van der Waals surface area contributed by atoms with Gasteiger partial charge in [0.1, 0.15) is 11.4 Å². The third-order valence-corrected chi connectivity index (χ3v) is 13.1. The molecule has 69 heavy (non-hydrogen) atoms. The van der Waals surface area contributed by atoms with E-state index in [4.69, 9.17) is 19.9 Å². The lowest BCUT2D eigenvalue weighted by Gasteiger charge is -2.38. The molecule has 0 saturated carbocycles. The predicted molar refractivity (Wildman–Crippen MR) is 252 cm³/mol. The first-order valence-corrected chi connectivity index (χ1v) is 24.1. The summed E-state index contributed by atoms with van der Waals surface area (Å²) in [6, 6.07) is 12.0. The van der Waals surface area contributed by atoms with Crippen molar-refractivity contribution in [1.29, 1.82) is 0 Å². The molecule has 1 fully saturated rings. The minimum atomic E-state index is -3.89. The van der Waals surface area contributed by atoms with Gasteiger partial charge in [-0.1, -0.05) is 31.2 Å². The molecule has 5 rings (SSSR count). The number of alkyl carbamates (subject to hydrolysis) is 1. The van der Waals surface area contributed by atoms with Crippen LogP contribution in [0.2, 0.25) is 0 Å². The first kappa shape index (κ1) is 54.1. The number of nitrogens with zero attached hydrogens (tertiary/aromatic N) is 3. The van der Waals surface area contributed by atoms with Gasteiger partial charge >= 0.3 is 12.1 Å². The second-order valence-corrected chi connectivity index (χ2v) is 21.4. The van der Waals surface area contributed by atoms with Gasteiger partial charge in [0.25, 0.3) is 0 Å². The zero-order chi connectivity index (χ0) is 51.1. The highest BCUT2D eigenvalue weighted by molar-refractivity contribution is 7.89. The fraction of sp³-hybridized carbons (Fsp3) is 0.490. The molecule has 2 heterocycles. The molecule has 0 bridgehead atoms. The molecule has 0 spiro atoms. The maximum atomic E-state index is 14.1. The number of hydrogen-bond acceptors (Lipinski definition) is 11. The number of amidine groups is 1. The summed E-state index contributed by atoms with van der Waals surface area (Å²) < 4.78 is 100. The Morgan fingerprint density at radius 1 is 0.899 bits per heavy atom. The van der Waals surface area contributed by atoms with E-state index in [-0.39, 0.29) is 80.0 Å². The van der Waals surface area contributed by atoms with Gasteiger partial charge in [-0.25, -0.2) is 27.0 Å². The monoisotopic (exact) mass is 986 g/mol. The second kappa shape index (κ2) is 22.3. The predicted octanol–water partition coefficient (Wildman–Crippen LogP) is 7.78. The van der Waals surface area contributed by atoms with E-state index >= 15 is 0 Å². The number of carbonyl (C=O) groups excluding carboxylic acids is 4. The van der Waals surface area contributed by atoms with E-state index in [2.05, 4.69) is 15.6 Å². The summed E-state index contributed by atoms with van der Waals surface area (Å²) in [4.78, 5) is 57.8. The van der Waals surface area contributed by atoms with Crippen molar-refractivity contribution in [3.8, 4) is 16.9 Å². The summed E-state index contributed by atoms with van der Waals surface area (Å²) in [5.41, 5.74) is 6.23. The van der Waals surface area contributed by atoms with Crippen LogP contribution < -0.4 is 21.1 Å². The molecular weight excluding hydrogens is 925 g/mol. The summed E-state index contributed by atoms with van der Waals surface area (Å²) in [6.45, 7) is 14.9. The third kappa shape index (κ3) is 14.6. The first-order valence-electron chi connectivity index (χ1n) is 22.7. The van der Waals surface area contributed by atoms with Gasteiger partial charge in [-0.2, -0.15) is 13.1 Å². The topological polar surface area (TPSA) is 199 Å². The van der Waals surface area contributed by atoms with E-state index in [0.29, 0.717) is 54.0 Å². The summed E-state index contributed by atoms with van der Waals surface area (Å²) in [5, 5.41) is 5.55. The lowest BCUT2D eigenvalue weighted by Crippen LogP contribution is -2.53. The number of fused-ring (bicyclic) bond motifs is 1. The van der Waals surface area contributed by atoms with Crippen LogP contribution in [0.3, 0.4) is 0 Å². The van der Waals surface area contributed by atoms with Crippen molar-refractivity contribution in [2.75, 3.05) is 45.9 Å². The molecule has 2 aliphatic heterocycles. The highest BCUT2D eigenvalue weighted by Gasteiger charge is 2.38. The Kier molecular flexibility index (Phi) is 17.5. The molecule has 4 N–H and O–H groups in total. The summed E-state index contributed by atoms with van der Waals surface area (Å²) in [5.74, 6) is -10.2. The van der Waals surface area contributed by atoms with Crippen LogP contribution in [-0.4, -0.2) is 104 Å². The summed E-state index contributed by atoms with van der Waals surface area (Å²) in [6.07, 6.45) is 2.85. The molecule has 0 radical (unpaired) electrons. The molecular formula is C49H62F4N6O9S. The van der Waals surface area contributed by atoms with Crippen molar-refractivity contribution in [2.45, 2.75) is 104 Å². The average Bonchev–Trinajstić information content (AvgIpc) is 3.43. The lowest BCUT2D eigenvalue weighted by molar-refractivity contribution is -0.152. The van der Waals surface area contributed by atoms with E-state index in [1.807, 2.05) is 19.1 Å². The van der Waals surface area contributed by atoms with Crippen molar-refractivity contribution in [3.63, 3.8) is 0 Å². The molecule has 2 aliphatic rings. The van der Waals surface area contributed by atoms with Gasteiger partial charge in [0.2, 0.25) is 39.2 Å². The molecule has 0 unspecified atom stereocenters. The molecule has 0 aromatic heterocycles. The van der Waals surface area contributed by atoms with Gasteiger partial charge in [0.15, 0.2) is 11.6 Å². The van der Waals surface area contributed by atoms with Crippen molar-refractivity contribution in [1.82, 2.24) is 19.8 Å². The van der Waals surface area contributed by atoms with E-state index in [9.17, 15) is 45.2 Å². The number of halogens is 4. The summed E-state index contributed by atoms with van der Waals surface area (Å²) >= 11 is 0.